The first-order valence-corrected chi connectivity index (χ1v) is 8.98. The van der Waals surface area contributed by atoms with Gasteiger partial charge in [-0.15, -0.1) is 0 Å². The summed E-state index contributed by atoms with van der Waals surface area (Å²) in [5, 5.41) is 43.4. The van der Waals surface area contributed by atoms with Crippen LogP contribution in [0.5, 0.6) is 11.5 Å². The summed E-state index contributed by atoms with van der Waals surface area (Å²) in [6.45, 7) is 0. The number of phenolic OH excluding ortho intramolecular Hbond substituents is 2. The van der Waals surface area contributed by atoms with E-state index in [-0.39, 0.29) is 68.0 Å². The number of phenols is 2. The van der Waals surface area contributed by atoms with E-state index < -0.39 is 9.85 Å². The van der Waals surface area contributed by atoms with E-state index in [1.54, 1.807) is 0 Å². The first-order valence-electron chi connectivity index (χ1n) is 8.98. The highest BCUT2D eigenvalue weighted by molar-refractivity contribution is 5.87. The van der Waals surface area contributed by atoms with Crippen LogP contribution in [0, 0.1) is 20.2 Å². The second-order valence-electron chi connectivity index (χ2n) is 6.69. The molecule has 0 atom stereocenters. The molecule has 0 radical (unpaired) electrons. The van der Waals surface area contributed by atoms with E-state index in [0.29, 0.717) is 0 Å². The number of rotatable bonds is 4. The van der Waals surface area contributed by atoms with Crippen LogP contribution in [0.3, 0.4) is 0 Å². The lowest BCUT2D eigenvalue weighted by Gasteiger charge is -2.05. The van der Waals surface area contributed by atoms with Gasteiger partial charge >= 0.3 is 11.4 Å². The summed E-state index contributed by atoms with van der Waals surface area (Å²) in [4.78, 5) is 29.4. The number of aromatic hydroxyl groups is 2. The molecule has 0 bridgehead atoms. The number of nitro groups is 2. The number of benzene rings is 3. The van der Waals surface area contributed by atoms with Crippen LogP contribution in [0.15, 0.2) is 57.4 Å². The summed E-state index contributed by atoms with van der Waals surface area (Å²) >= 11 is 0. The van der Waals surface area contributed by atoms with Crippen molar-refractivity contribution in [2.75, 3.05) is 0 Å². The summed E-state index contributed by atoms with van der Waals surface area (Å²) in [5.74, 6) is -1.07. The minimum absolute atomic E-state index is 0.0289. The summed E-state index contributed by atoms with van der Waals surface area (Å²) in [6, 6.07) is 10.7. The molecule has 0 saturated carbocycles. The number of nitrogens with zero attached hydrogens (tertiary/aromatic N) is 4. The fourth-order valence-electron chi connectivity index (χ4n) is 3.31. The van der Waals surface area contributed by atoms with Gasteiger partial charge in [-0.2, -0.15) is 0 Å². The topological polar surface area (TPSA) is 179 Å². The molecule has 0 fully saturated rings. The molecule has 0 aliphatic rings. The van der Waals surface area contributed by atoms with Gasteiger partial charge in [-0.25, -0.2) is 9.97 Å². The molecule has 0 spiro atoms. The largest absolute Gasteiger partial charge is 0.507 e. The average molecular weight is 434 g/mol. The number of aromatic nitrogens is 2. The van der Waals surface area contributed by atoms with E-state index in [0.717, 1.165) is 12.1 Å². The molecule has 0 aliphatic carbocycles. The molecular formula is C20H10N4O8. The Labute approximate surface area is 176 Å². The second kappa shape index (κ2) is 6.77. The SMILES string of the molecule is O=[N+]([O-])c1cccc2nc(-c3cc(O)c(-c4nc5cccc([N+](=O)[O-])c5o4)cc3O)oc12. The molecule has 12 nitrogen and oxygen atoms in total. The van der Waals surface area contributed by atoms with E-state index in [4.69, 9.17) is 8.83 Å². The molecule has 2 N–H and O–H groups in total. The van der Waals surface area contributed by atoms with Crippen molar-refractivity contribution < 1.29 is 28.9 Å². The van der Waals surface area contributed by atoms with Gasteiger partial charge in [0.2, 0.25) is 22.9 Å². The molecule has 5 aromatic rings. The van der Waals surface area contributed by atoms with Crippen molar-refractivity contribution in [3.63, 3.8) is 0 Å². The Hall–Kier alpha value is -5.00. The first kappa shape index (κ1) is 19.0. The van der Waals surface area contributed by atoms with Crippen molar-refractivity contribution in [2.45, 2.75) is 0 Å². The fourth-order valence-corrected chi connectivity index (χ4v) is 3.31. The molecule has 0 aliphatic heterocycles. The zero-order valence-electron chi connectivity index (χ0n) is 15.8. The predicted octanol–water partition coefficient (Wildman–Crippen LogP) is 4.53. The van der Waals surface area contributed by atoms with Crippen LogP contribution in [0.4, 0.5) is 11.4 Å². The average Bonchev–Trinajstić information content (AvgIpc) is 3.38. The molecule has 0 amide bonds. The van der Waals surface area contributed by atoms with Crippen molar-refractivity contribution in [2.24, 2.45) is 0 Å². The lowest BCUT2D eigenvalue weighted by molar-refractivity contribution is -0.383. The molecule has 12 heteroatoms. The number of fused-ring (bicyclic) bond motifs is 2. The maximum atomic E-state index is 11.2. The van der Waals surface area contributed by atoms with Gasteiger partial charge in [0.05, 0.1) is 21.0 Å². The summed E-state index contributed by atoms with van der Waals surface area (Å²) < 4.78 is 11.0. The highest BCUT2D eigenvalue weighted by Crippen LogP contribution is 2.42. The second-order valence-corrected chi connectivity index (χ2v) is 6.69. The van der Waals surface area contributed by atoms with Crippen LogP contribution in [0.25, 0.3) is 45.1 Å². The van der Waals surface area contributed by atoms with Crippen molar-refractivity contribution >= 4 is 33.6 Å². The maximum Gasteiger partial charge on any atom is 0.313 e. The molecule has 2 aromatic heterocycles. The fraction of sp³-hybridized carbons (Fsp3) is 0. The summed E-state index contributed by atoms with van der Waals surface area (Å²) in [6.07, 6.45) is 0. The molecule has 0 unspecified atom stereocenters. The van der Waals surface area contributed by atoms with E-state index >= 15 is 0 Å². The molecule has 158 valence electrons. The van der Waals surface area contributed by atoms with Gasteiger partial charge < -0.3 is 19.0 Å². The van der Waals surface area contributed by atoms with Gasteiger partial charge in [0, 0.05) is 12.1 Å². The molecular weight excluding hydrogens is 424 g/mol. The minimum atomic E-state index is -0.621. The van der Waals surface area contributed by atoms with E-state index in [2.05, 4.69) is 9.97 Å². The maximum absolute atomic E-state index is 11.2. The van der Waals surface area contributed by atoms with Gasteiger partial charge in [-0.05, 0) is 24.3 Å². The quantitative estimate of drug-likeness (QED) is 0.232. The number of nitro benzene ring substituents is 2. The standard InChI is InChI=1S/C20H10N4O8/c25-15-8-10(20-22-12-4-2-6-14(24(29)30)18(12)32-20)16(26)7-9(15)19-21-11-3-1-5-13(23(27)28)17(11)31-19/h1-8,25-26H. The van der Waals surface area contributed by atoms with Crippen LogP contribution in [0.2, 0.25) is 0 Å². The minimum Gasteiger partial charge on any atom is -0.507 e. The van der Waals surface area contributed by atoms with Crippen LogP contribution in [-0.2, 0) is 0 Å². The number of hydrogen-bond acceptors (Lipinski definition) is 10. The number of para-hydroxylation sites is 2. The lowest BCUT2D eigenvalue weighted by Crippen LogP contribution is -1.87. The Balaban J connectivity index is 1.63. The van der Waals surface area contributed by atoms with Crippen molar-refractivity contribution in [3.05, 3.63) is 68.8 Å². The van der Waals surface area contributed by atoms with Gasteiger partial charge in [0.15, 0.2) is 0 Å². The number of hydrogen-bond donors (Lipinski definition) is 2. The number of non-ortho nitro benzene ring substituents is 2. The van der Waals surface area contributed by atoms with E-state index in [1.165, 1.54) is 36.4 Å². The van der Waals surface area contributed by atoms with Crippen LogP contribution < -0.4 is 0 Å². The van der Waals surface area contributed by atoms with Crippen LogP contribution >= 0.6 is 0 Å². The Morgan fingerprint density at radius 1 is 0.719 bits per heavy atom. The van der Waals surface area contributed by atoms with E-state index in [9.17, 15) is 30.4 Å². The smallest absolute Gasteiger partial charge is 0.313 e. The van der Waals surface area contributed by atoms with Gasteiger partial charge in [-0.3, -0.25) is 20.2 Å². The highest BCUT2D eigenvalue weighted by Gasteiger charge is 2.24. The van der Waals surface area contributed by atoms with Gasteiger partial charge in [-0.1, -0.05) is 12.1 Å². The van der Waals surface area contributed by atoms with E-state index in [1.807, 2.05) is 0 Å². The summed E-state index contributed by atoms with van der Waals surface area (Å²) in [7, 11) is 0. The molecule has 5 rings (SSSR count). The Morgan fingerprint density at radius 2 is 1.12 bits per heavy atom. The van der Waals surface area contributed by atoms with Gasteiger partial charge in [0.25, 0.3) is 0 Å². The zero-order chi connectivity index (χ0) is 22.6. The van der Waals surface area contributed by atoms with Crippen molar-refractivity contribution in [1.29, 1.82) is 0 Å². The first-order chi connectivity index (χ1) is 15.3. The molecule has 0 saturated heterocycles. The Morgan fingerprint density at radius 3 is 1.50 bits per heavy atom. The van der Waals surface area contributed by atoms with Crippen molar-refractivity contribution in [1.82, 2.24) is 9.97 Å². The van der Waals surface area contributed by atoms with Gasteiger partial charge in [0.1, 0.15) is 22.5 Å². The highest BCUT2D eigenvalue weighted by atomic mass is 16.6. The zero-order valence-corrected chi connectivity index (χ0v) is 15.8. The lowest BCUT2D eigenvalue weighted by atomic mass is 10.1. The predicted molar refractivity (Wildman–Crippen MR) is 109 cm³/mol. The Bertz CT molecular complexity index is 1450. The third-order valence-corrected chi connectivity index (χ3v) is 4.76. The monoisotopic (exact) mass is 434 g/mol. The molecule has 3 aromatic carbocycles. The number of oxazole rings is 2. The Kier molecular flexibility index (Phi) is 4.02. The molecule has 2 heterocycles. The van der Waals surface area contributed by atoms with Crippen LogP contribution in [0.1, 0.15) is 0 Å². The normalized spacial score (nSPS) is 11.2. The van der Waals surface area contributed by atoms with Crippen molar-refractivity contribution in [3.8, 4) is 34.4 Å². The third kappa shape index (κ3) is 2.86. The third-order valence-electron chi connectivity index (χ3n) is 4.76. The summed E-state index contributed by atoms with van der Waals surface area (Å²) in [5.41, 5.74) is -0.419. The van der Waals surface area contributed by atoms with Crippen LogP contribution in [-0.4, -0.2) is 30.0 Å². The molecule has 32 heavy (non-hydrogen) atoms.